The molecule has 140 valence electrons. The van der Waals surface area contributed by atoms with Gasteiger partial charge in [0.15, 0.2) is 0 Å². The highest BCUT2D eigenvalue weighted by Crippen LogP contribution is 2.17. The first-order valence-corrected chi connectivity index (χ1v) is 11.3. The van der Waals surface area contributed by atoms with Gasteiger partial charge >= 0.3 is 0 Å². The summed E-state index contributed by atoms with van der Waals surface area (Å²) in [5.41, 5.74) is 1.73. The molecule has 2 aromatic rings. The van der Waals surface area contributed by atoms with Gasteiger partial charge in [-0.2, -0.15) is 16.5 Å². The van der Waals surface area contributed by atoms with Gasteiger partial charge in [-0.3, -0.25) is 4.79 Å². The Bertz CT molecular complexity index is 824. The van der Waals surface area contributed by atoms with Gasteiger partial charge in [-0.1, -0.05) is 43.3 Å². The molecule has 2 rings (SSSR count). The zero-order chi connectivity index (χ0) is 19.0. The van der Waals surface area contributed by atoms with Gasteiger partial charge in [0.05, 0.1) is 4.90 Å². The van der Waals surface area contributed by atoms with Crippen molar-refractivity contribution in [3.63, 3.8) is 0 Å². The smallest absolute Gasteiger partial charge is 0.242 e. The number of carbonyl (C=O) groups excluding carboxylic acids is 1. The van der Waals surface area contributed by atoms with Crippen LogP contribution in [0.1, 0.15) is 18.9 Å². The zero-order valence-electron chi connectivity index (χ0n) is 14.9. The molecule has 2 N–H and O–H groups in total. The van der Waals surface area contributed by atoms with Crippen molar-refractivity contribution >= 4 is 33.4 Å². The number of carbonyl (C=O) groups is 1. The molecule has 0 radical (unpaired) electrons. The summed E-state index contributed by atoms with van der Waals surface area (Å²) in [6.07, 6.45) is 3.11. The van der Waals surface area contributed by atoms with Crippen molar-refractivity contribution in [1.82, 2.24) is 4.72 Å². The van der Waals surface area contributed by atoms with Gasteiger partial charge in [0.25, 0.3) is 0 Å². The van der Waals surface area contributed by atoms with E-state index in [0.29, 0.717) is 17.9 Å². The molecule has 1 atom stereocenters. The highest BCUT2D eigenvalue weighted by atomic mass is 32.2. The van der Waals surface area contributed by atoms with Crippen LogP contribution in [0.4, 0.5) is 5.69 Å². The third kappa shape index (κ3) is 5.59. The van der Waals surface area contributed by atoms with Crippen LogP contribution in [0.25, 0.3) is 0 Å². The van der Waals surface area contributed by atoms with E-state index < -0.39 is 16.1 Å². The Hall–Kier alpha value is -1.83. The molecule has 0 aliphatic heterocycles. The van der Waals surface area contributed by atoms with Crippen molar-refractivity contribution in [2.45, 2.75) is 30.7 Å². The number of sulfonamides is 1. The Labute approximate surface area is 159 Å². The molecule has 0 saturated heterocycles. The number of para-hydroxylation sites is 1. The van der Waals surface area contributed by atoms with Crippen LogP contribution < -0.4 is 10.0 Å². The first-order chi connectivity index (χ1) is 12.5. The average Bonchev–Trinajstić information content (AvgIpc) is 2.66. The number of anilines is 1. The van der Waals surface area contributed by atoms with Gasteiger partial charge in [0.1, 0.15) is 6.04 Å². The third-order valence-corrected chi connectivity index (χ3v) is 6.07. The minimum atomic E-state index is -3.76. The van der Waals surface area contributed by atoms with Crippen LogP contribution in [0.3, 0.4) is 0 Å². The van der Waals surface area contributed by atoms with Crippen molar-refractivity contribution in [3.05, 3.63) is 60.2 Å². The number of aryl methyl sites for hydroxylation is 1. The van der Waals surface area contributed by atoms with E-state index in [1.165, 1.54) is 12.1 Å². The van der Waals surface area contributed by atoms with Gasteiger partial charge in [0, 0.05) is 5.69 Å². The summed E-state index contributed by atoms with van der Waals surface area (Å²) in [5, 5.41) is 2.87. The van der Waals surface area contributed by atoms with Crippen LogP contribution in [0, 0.1) is 0 Å². The lowest BCUT2D eigenvalue weighted by Crippen LogP contribution is -2.44. The largest absolute Gasteiger partial charge is 0.324 e. The minimum absolute atomic E-state index is 0.149. The van der Waals surface area contributed by atoms with E-state index in [1.54, 1.807) is 30.0 Å². The lowest BCUT2D eigenvalue weighted by atomic mass is 10.1. The second-order valence-corrected chi connectivity index (χ2v) is 8.47. The average molecular weight is 393 g/mol. The Balaban J connectivity index is 2.19. The molecule has 0 bridgehead atoms. The molecule has 0 fully saturated rings. The molecule has 5 nitrogen and oxygen atoms in total. The predicted octanol–water partition coefficient (Wildman–Crippen LogP) is 3.29. The lowest BCUT2D eigenvalue weighted by molar-refractivity contribution is -0.117. The molecule has 0 aromatic heterocycles. The summed E-state index contributed by atoms with van der Waals surface area (Å²) < 4.78 is 27.7. The summed E-state index contributed by atoms with van der Waals surface area (Å²) in [4.78, 5) is 12.9. The van der Waals surface area contributed by atoms with E-state index in [1.807, 2.05) is 37.4 Å². The Morgan fingerprint density at radius 2 is 1.73 bits per heavy atom. The molecule has 0 aliphatic carbocycles. The van der Waals surface area contributed by atoms with Crippen molar-refractivity contribution in [2.24, 2.45) is 0 Å². The summed E-state index contributed by atoms with van der Waals surface area (Å²) in [6.45, 7) is 2.01. The van der Waals surface area contributed by atoms with Gasteiger partial charge in [-0.15, -0.1) is 0 Å². The van der Waals surface area contributed by atoms with E-state index in [9.17, 15) is 13.2 Å². The fraction of sp³-hybridized carbons (Fsp3) is 0.316. The molecule has 2 aromatic carbocycles. The minimum Gasteiger partial charge on any atom is -0.324 e. The maximum atomic E-state index is 12.7. The highest BCUT2D eigenvalue weighted by molar-refractivity contribution is 7.98. The van der Waals surface area contributed by atoms with Crippen molar-refractivity contribution in [2.75, 3.05) is 17.3 Å². The summed E-state index contributed by atoms with van der Waals surface area (Å²) in [7, 11) is -3.76. The third-order valence-electron chi connectivity index (χ3n) is 3.93. The summed E-state index contributed by atoms with van der Waals surface area (Å²) in [6, 6.07) is 14.8. The molecule has 26 heavy (non-hydrogen) atoms. The summed E-state index contributed by atoms with van der Waals surface area (Å²) >= 11 is 1.57. The van der Waals surface area contributed by atoms with Crippen molar-refractivity contribution in [3.8, 4) is 0 Å². The number of rotatable bonds is 9. The van der Waals surface area contributed by atoms with Gasteiger partial charge in [-0.05, 0) is 48.6 Å². The second kappa shape index (κ2) is 9.75. The SMILES string of the molecule is CCc1ccccc1NC(=O)[C@@H](CCSC)NS(=O)(=O)c1ccccc1. The van der Waals surface area contributed by atoms with Crippen LogP contribution in [-0.4, -0.2) is 32.4 Å². The van der Waals surface area contributed by atoms with Gasteiger partial charge in [-0.25, -0.2) is 8.42 Å². The van der Waals surface area contributed by atoms with Crippen LogP contribution in [0.5, 0.6) is 0 Å². The van der Waals surface area contributed by atoms with Gasteiger partial charge < -0.3 is 5.32 Å². The Morgan fingerprint density at radius 3 is 2.38 bits per heavy atom. The van der Waals surface area contributed by atoms with E-state index >= 15 is 0 Å². The number of nitrogens with one attached hydrogen (secondary N) is 2. The normalized spacial score (nSPS) is 12.5. The fourth-order valence-electron chi connectivity index (χ4n) is 2.50. The first kappa shape index (κ1) is 20.5. The van der Waals surface area contributed by atoms with Gasteiger partial charge in [0.2, 0.25) is 15.9 Å². The maximum Gasteiger partial charge on any atom is 0.242 e. The Morgan fingerprint density at radius 1 is 1.08 bits per heavy atom. The van der Waals surface area contributed by atoms with Crippen LogP contribution in [0.2, 0.25) is 0 Å². The molecular formula is C19H24N2O3S2. The number of amides is 1. The monoisotopic (exact) mass is 392 g/mol. The van der Waals surface area contributed by atoms with E-state index in [-0.39, 0.29) is 10.8 Å². The molecule has 0 unspecified atom stereocenters. The molecule has 1 amide bonds. The molecule has 0 saturated carbocycles. The molecule has 0 spiro atoms. The topological polar surface area (TPSA) is 75.3 Å². The molecule has 0 aliphatic rings. The lowest BCUT2D eigenvalue weighted by Gasteiger charge is -2.19. The maximum absolute atomic E-state index is 12.7. The Kier molecular flexibility index (Phi) is 7.68. The second-order valence-electron chi connectivity index (χ2n) is 5.77. The van der Waals surface area contributed by atoms with Crippen LogP contribution in [0.15, 0.2) is 59.5 Å². The molecule has 0 heterocycles. The number of hydrogen-bond donors (Lipinski definition) is 2. The number of hydrogen-bond acceptors (Lipinski definition) is 4. The quantitative estimate of drug-likeness (QED) is 0.687. The van der Waals surface area contributed by atoms with E-state index in [0.717, 1.165) is 12.0 Å². The fourth-order valence-corrected chi connectivity index (χ4v) is 4.23. The molecule has 7 heteroatoms. The summed E-state index contributed by atoms with van der Waals surface area (Å²) in [5.74, 6) is 0.324. The van der Waals surface area contributed by atoms with Crippen LogP contribution in [-0.2, 0) is 21.2 Å². The van der Waals surface area contributed by atoms with Crippen molar-refractivity contribution in [1.29, 1.82) is 0 Å². The van der Waals surface area contributed by atoms with Crippen molar-refractivity contribution < 1.29 is 13.2 Å². The van der Waals surface area contributed by atoms with E-state index in [4.69, 9.17) is 0 Å². The highest BCUT2D eigenvalue weighted by Gasteiger charge is 2.25. The predicted molar refractivity (Wildman–Crippen MR) is 108 cm³/mol. The number of thioether (sulfide) groups is 1. The first-order valence-electron chi connectivity index (χ1n) is 8.43. The standard InChI is InChI=1S/C19H24N2O3S2/c1-3-15-9-7-8-12-17(15)20-19(22)18(13-14-25-2)21-26(23,24)16-10-5-4-6-11-16/h4-12,18,21H,3,13-14H2,1-2H3,(H,20,22)/t18-/m1/s1. The van der Waals surface area contributed by atoms with E-state index in [2.05, 4.69) is 10.0 Å². The number of benzene rings is 2. The zero-order valence-corrected chi connectivity index (χ0v) is 16.6. The molecular weight excluding hydrogens is 368 g/mol. The van der Waals surface area contributed by atoms with Crippen LogP contribution >= 0.6 is 11.8 Å².